The second-order valence-corrected chi connectivity index (χ2v) is 6.98. The number of halogens is 1. The van der Waals surface area contributed by atoms with Crippen LogP contribution in [0, 0.1) is 5.82 Å². The molecule has 1 aliphatic rings. The van der Waals surface area contributed by atoms with Gasteiger partial charge in [0.15, 0.2) is 11.6 Å². The van der Waals surface area contributed by atoms with E-state index in [9.17, 15) is 4.39 Å². The highest BCUT2D eigenvalue weighted by Gasteiger charge is 2.18. The van der Waals surface area contributed by atoms with E-state index in [1.807, 2.05) is 24.4 Å². The molecule has 146 valence electrons. The third-order valence-electron chi connectivity index (χ3n) is 5.12. The summed E-state index contributed by atoms with van der Waals surface area (Å²) < 4.78 is 19.6. The number of ether oxygens (including phenoxy) is 1. The normalized spacial score (nSPS) is 15.0. The van der Waals surface area contributed by atoms with Crippen LogP contribution in [0.2, 0.25) is 0 Å². The molecule has 1 aliphatic heterocycles. The summed E-state index contributed by atoms with van der Waals surface area (Å²) in [7, 11) is 3.59. The second-order valence-electron chi connectivity index (χ2n) is 6.98. The van der Waals surface area contributed by atoms with Crippen molar-refractivity contribution in [3.8, 4) is 5.75 Å². The lowest BCUT2D eigenvalue weighted by atomic mass is 10.2. The monoisotopic (exact) mass is 381 g/mol. The highest BCUT2D eigenvalue weighted by molar-refractivity contribution is 5.82. The van der Waals surface area contributed by atoms with Crippen molar-refractivity contribution in [2.45, 2.75) is 6.54 Å². The van der Waals surface area contributed by atoms with Gasteiger partial charge in [0.05, 0.1) is 7.11 Å². The Morgan fingerprint density at radius 3 is 2.68 bits per heavy atom. The van der Waals surface area contributed by atoms with Crippen LogP contribution in [0.3, 0.4) is 0 Å². The van der Waals surface area contributed by atoms with Crippen LogP contribution < -0.4 is 15.0 Å². The largest absolute Gasteiger partial charge is 0.494 e. The third-order valence-corrected chi connectivity index (χ3v) is 5.12. The highest BCUT2D eigenvalue weighted by Crippen LogP contribution is 2.26. The summed E-state index contributed by atoms with van der Waals surface area (Å²) >= 11 is 0. The molecule has 1 N–H and O–H groups in total. The fourth-order valence-corrected chi connectivity index (χ4v) is 3.45. The number of rotatable bonds is 5. The van der Waals surface area contributed by atoms with Gasteiger partial charge in [0.25, 0.3) is 0 Å². The van der Waals surface area contributed by atoms with Crippen LogP contribution in [-0.4, -0.2) is 55.2 Å². The van der Waals surface area contributed by atoms with Gasteiger partial charge in [-0.15, -0.1) is 0 Å². The topological polar surface area (TPSA) is 53.5 Å². The van der Waals surface area contributed by atoms with E-state index in [2.05, 4.69) is 38.2 Å². The summed E-state index contributed by atoms with van der Waals surface area (Å²) in [6.07, 6.45) is 1.83. The van der Waals surface area contributed by atoms with E-state index in [-0.39, 0.29) is 5.75 Å². The summed E-state index contributed by atoms with van der Waals surface area (Å²) in [6.45, 7) is 4.53. The minimum absolute atomic E-state index is 0.196. The summed E-state index contributed by atoms with van der Waals surface area (Å²) in [5.41, 5.74) is 1.40. The summed E-state index contributed by atoms with van der Waals surface area (Å²) in [6, 6.07) is 11.1. The number of benzene rings is 1. The molecule has 0 amide bonds. The fraction of sp³-hybridized carbons (Fsp3) is 0.333. The van der Waals surface area contributed by atoms with E-state index in [4.69, 9.17) is 4.74 Å². The molecule has 7 heteroatoms. The summed E-state index contributed by atoms with van der Waals surface area (Å²) in [4.78, 5) is 13.7. The zero-order valence-corrected chi connectivity index (χ0v) is 16.2. The third kappa shape index (κ3) is 3.71. The van der Waals surface area contributed by atoms with Gasteiger partial charge < -0.3 is 19.9 Å². The highest BCUT2D eigenvalue weighted by atomic mass is 19.1. The minimum atomic E-state index is -0.442. The molecule has 6 nitrogen and oxygen atoms in total. The molecule has 1 saturated heterocycles. The van der Waals surface area contributed by atoms with Crippen molar-refractivity contribution in [3.05, 3.63) is 54.0 Å². The molecule has 0 atom stereocenters. The molecule has 0 spiro atoms. The molecule has 0 aliphatic carbocycles. The van der Waals surface area contributed by atoms with E-state index in [0.29, 0.717) is 17.9 Å². The van der Waals surface area contributed by atoms with Crippen molar-refractivity contribution in [3.63, 3.8) is 0 Å². The van der Waals surface area contributed by atoms with Gasteiger partial charge in [-0.25, -0.2) is 14.4 Å². The standard InChI is InChI=1S/C21H24FN5O/c1-26-10-12-27(13-11-26)21-16(4-3-9-23-21)14-24-18-8-6-15-5-7-17(28-2)19(22)20(15)25-18/h3-9H,10-14H2,1-2H3,(H,24,25). The van der Waals surface area contributed by atoms with Gasteiger partial charge in [0, 0.05) is 49.9 Å². The Kier molecular flexibility index (Phi) is 5.25. The quantitative estimate of drug-likeness (QED) is 0.733. The van der Waals surface area contributed by atoms with Crippen LogP contribution in [-0.2, 0) is 6.54 Å². The fourth-order valence-electron chi connectivity index (χ4n) is 3.45. The van der Waals surface area contributed by atoms with Crippen molar-refractivity contribution in [1.29, 1.82) is 0 Å². The molecule has 0 bridgehead atoms. The number of nitrogens with zero attached hydrogens (tertiary/aromatic N) is 4. The van der Waals surface area contributed by atoms with Crippen LogP contribution in [0.15, 0.2) is 42.6 Å². The number of pyridine rings is 2. The van der Waals surface area contributed by atoms with E-state index in [1.165, 1.54) is 7.11 Å². The van der Waals surface area contributed by atoms with Gasteiger partial charge in [-0.3, -0.25) is 0 Å². The zero-order valence-electron chi connectivity index (χ0n) is 16.2. The van der Waals surface area contributed by atoms with Gasteiger partial charge in [0.1, 0.15) is 17.2 Å². The van der Waals surface area contributed by atoms with Gasteiger partial charge in [-0.1, -0.05) is 6.07 Å². The van der Waals surface area contributed by atoms with Crippen molar-refractivity contribution in [2.75, 3.05) is 50.6 Å². The molecule has 1 fully saturated rings. The number of likely N-dealkylation sites (N-methyl/N-ethyl adjacent to an activating group) is 1. The van der Waals surface area contributed by atoms with Gasteiger partial charge in [-0.05, 0) is 37.4 Å². The number of hydrogen-bond donors (Lipinski definition) is 1. The second kappa shape index (κ2) is 7.98. The lowest BCUT2D eigenvalue weighted by molar-refractivity contribution is 0.312. The molecule has 1 aromatic carbocycles. The predicted octanol–water partition coefficient (Wildman–Crippen LogP) is 3.14. The van der Waals surface area contributed by atoms with E-state index in [1.54, 1.807) is 12.1 Å². The number of nitrogens with one attached hydrogen (secondary N) is 1. The van der Waals surface area contributed by atoms with Crippen LogP contribution in [0.4, 0.5) is 16.0 Å². The van der Waals surface area contributed by atoms with Crippen LogP contribution in [0.25, 0.3) is 10.9 Å². The Morgan fingerprint density at radius 2 is 1.89 bits per heavy atom. The average Bonchev–Trinajstić information content (AvgIpc) is 2.73. The van der Waals surface area contributed by atoms with Crippen molar-refractivity contribution < 1.29 is 9.13 Å². The van der Waals surface area contributed by atoms with Crippen LogP contribution in [0.1, 0.15) is 5.56 Å². The van der Waals surface area contributed by atoms with Crippen LogP contribution >= 0.6 is 0 Å². The van der Waals surface area contributed by atoms with Crippen molar-refractivity contribution in [1.82, 2.24) is 14.9 Å². The van der Waals surface area contributed by atoms with Crippen LogP contribution in [0.5, 0.6) is 5.75 Å². The molecule has 28 heavy (non-hydrogen) atoms. The minimum Gasteiger partial charge on any atom is -0.494 e. The number of piperazine rings is 1. The summed E-state index contributed by atoms with van der Waals surface area (Å²) in [5.74, 6) is 1.37. The first-order valence-corrected chi connectivity index (χ1v) is 9.40. The molecule has 0 radical (unpaired) electrons. The molecule has 0 unspecified atom stereocenters. The first kappa shape index (κ1) is 18.4. The maximum Gasteiger partial charge on any atom is 0.191 e. The van der Waals surface area contributed by atoms with E-state index < -0.39 is 5.82 Å². The number of methoxy groups -OCH3 is 1. The average molecular weight is 381 g/mol. The first-order chi connectivity index (χ1) is 13.7. The Balaban J connectivity index is 1.54. The molecule has 0 saturated carbocycles. The van der Waals surface area contributed by atoms with Crippen molar-refractivity contribution in [2.24, 2.45) is 0 Å². The predicted molar refractivity (Wildman–Crippen MR) is 110 cm³/mol. The first-order valence-electron chi connectivity index (χ1n) is 9.40. The molecule has 2 aromatic heterocycles. The number of aromatic nitrogens is 2. The van der Waals surface area contributed by atoms with Gasteiger partial charge in [0.2, 0.25) is 0 Å². The lowest BCUT2D eigenvalue weighted by Gasteiger charge is -2.34. The van der Waals surface area contributed by atoms with Crippen molar-refractivity contribution >= 4 is 22.5 Å². The summed E-state index contributed by atoms with van der Waals surface area (Å²) in [5, 5.41) is 4.05. The molecular weight excluding hydrogens is 357 g/mol. The Labute approximate surface area is 164 Å². The molecule has 3 heterocycles. The number of fused-ring (bicyclic) bond motifs is 1. The Bertz CT molecular complexity index is 972. The van der Waals surface area contributed by atoms with E-state index >= 15 is 0 Å². The van der Waals surface area contributed by atoms with E-state index in [0.717, 1.165) is 42.9 Å². The lowest BCUT2D eigenvalue weighted by Crippen LogP contribution is -2.45. The zero-order chi connectivity index (χ0) is 19.5. The molecule has 4 rings (SSSR count). The SMILES string of the molecule is COc1ccc2ccc(NCc3cccnc3N3CCN(C)CC3)nc2c1F. The Morgan fingerprint density at radius 1 is 1.11 bits per heavy atom. The molecule has 3 aromatic rings. The smallest absolute Gasteiger partial charge is 0.191 e. The molecular formula is C21H24FN5O. The maximum absolute atomic E-state index is 14.5. The maximum atomic E-state index is 14.5. The number of anilines is 2. The number of hydrogen-bond acceptors (Lipinski definition) is 6. The Hall–Kier alpha value is -2.93. The van der Waals surface area contributed by atoms with Gasteiger partial charge >= 0.3 is 0 Å². The van der Waals surface area contributed by atoms with Gasteiger partial charge in [-0.2, -0.15) is 0 Å².